The summed E-state index contributed by atoms with van der Waals surface area (Å²) in [5.41, 5.74) is 6.97. The summed E-state index contributed by atoms with van der Waals surface area (Å²) in [7, 11) is 0. The van der Waals surface area contributed by atoms with Gasteiger partial charge in [-0.15, -0.1) is 11.8 Å². The van der Waals surface area contributed by atoms with Crippen molar-refractivity contribution in [3.05, 3.63) is 46.5 Å². The molecule has 0 unspecified atom stereocenters. The number of H-pyrrole nitrogens is 1. The molecule has 5 nitrogen and oxygen atoms in total. The smallest absolute Gasteiger partial charge is 0.188 e. The number of rotatable bonds is 9. The molecule has 1 heterocycles. The van der Waals surface area contributed by atoms with Crippen molar-refractivity contribution in [2.45, 2.75) is 24.2 Å². The fraction of sp³-hybridized carbons (Fsp3) is 0.375. The van der Waals surface area contributed by atoms with Gasteiger partial charge in [-0.1, -0.05) is 23.2 Å². The molecule has 0 aliphatic rings. The molecule has 0 amide bonds. The monoisotopic (exact) mass is 385 g/mol. The van der Waals surface area contributed by atoms with Crippen LogP contribution in [0.5, 0.6) is 0 Å². The number of benzene rings is 1. The van der Waals surface area contributed by atoms with E-state index in [0.29, 0.717) is 22.5 Å². The number of nitrogens with zero attached hydrogens (tertiary/aromatic N) is 2. The first-order chi connectivity index (χ1) is 11.6. The van der Waals surface area contributed by atoms with Crippen LogP contribution in [0.25, 0.3) is 0 Å². The number of aryl methyl sites for hydroxylation is 1. The Balaban J connectivity index is 1.55. The van der Waals surface area contributed by atoms with Crippen LogP contribution in [0.4, 0.5) is 0 Å². The first-order valence-corrected chi connectivity index (χ1v) is 9.48. The number of halogens is 2. The van der Waals surface area contributed by atoms with Crippen LogP contribution in [0.2, 0.25) is 10.0 Å². The fourth-order valence-electron chi connectivity index (χ4n) is 1.99. The van der Waals surface area contributed by atoms with Crippen molar-refractivity contribution in [2.75, 3.05) is 18.8 Å². The quantitative estimate of drug-likeness (QED) is 0.266. The first kappa shape index (κ1) is 19.0. The van der Waals surface area contributed by atoms with E-state index in [2.05, 4.69) is 20.3 Å². The molecule has 1 aromatic heterocycles. The van der Waals surface area contributed by atoms with Gasteiger partial charge in [0.25, 0.3) is 0 Å². The summed E-state index contributed by atoms with van der Waals surface area (Å²) in [6.07, 6.45) is 6.39. The van der Waals surface area contributed by atoms with Crippen molar-refractivity contribution < 1.29 is 0 Å². The number of aromatic amines is 1. The lowest BCUT2D eigenvalue weighted by Gasteiger charge is -2.05. The SMILES string of the molecule is NC(=NCCCSc1ccc(Cl)c(Cl)c1)NCCCc1cnc[nH]1. The molecule has 2 aromatic rings. The second kappa shape index (κ2) is 10.5. The van der Waals surface area contributed by atoms with Crippen LogP contribution in [0.3, 0.4) is 0 Å². The van der Waals surface area contributed by atoms with Crippen LogP contribution in [-0.2, 0) is 6.42 Å². The van der Waals surface area contributed by atoms with Gasteiger partial charge in [0.15, 0.2) is 5.96 Å². The van der Waals surface area contributed by atoms with E-state index in [0.717, 1.165) is 42.1 Å². The van der Waals surface area contributed by atoms with E-state index in [1.165, 1.54) is 0 Å². The van der Waals surface area contributed by atoms with Crippen LogP contribution in [0.1, 0.15) is 18.5 Å². The lowest BCUT2D eigenvalue weighted by molar-refractivity contribution is 0.754. The first-order valence-electron chi connectivity index (χ1n) is 7.74. The Kier molecular flexibility index (Phi) is 8.28. The van der Waals surface area contributed by atoms with Gasteiger partial charge in [0, 0.05) is 29.9 Å². The van der Waals surface area contributed by atoms with Crippen molar-refractivity contribution in [2.24, 2.45) is 10.7 Å². The number of guanidine groups is 1. The van der Waals surface area contributed by atoms with Gasteiger partial charge < -0.3 is 16.0 Å². The average molecular weight is 386 g/mol. The molecule has 0 saturated carbocycles. The molecule has 0 fully saturated rings. The predicted octanol–water partition coefficient (Wildman–Crippen LogP) is 3.74. The summed E-state index contributed by atoms with van der Waals surface area (Å²) in [6, 6.07) is 5.67. The van der Waals surface area contributed by atoms with Gasteiger partial charge in [0.2, 0.25) is 0 Å². The van der Waals surface area contributed by atoms with Crippen LogP contribution >= 0.6 is 35.0 Å². The maximum absolute atomic E-state index is 5.99. The minimum Gasteiger partial charge on any atom is -0.370 e. The summed E-state index contributed by atoms with van der Waals surface area (Å²) in [6.45, 7) is 1.50. The third kappa shape index (κ3) is 7.03. The second-order valence-corrected chi connectivity index (χ2v) is 7.13. The number of aliphatic imine (C=N–C) groups is 1. The minimum absolute atomic E-state index is 0.499. The highest BCUT2D eigenvalue weighted by Crippen LogP contribution is 2.28. The molecule has 2 rings (SSSR count). The average Bonchev–Trinajstić information content (AvgIpc) is 3.08. The van der Waals surface area contributed by atoms with Crippen LogP contribution in [-0.4, -0.2) is 34.8 Å². The number of nitrogens with two attached hydrogens (primary N) is 1. The van der Waals surface area contributed by atoms with Crippen LogP contribution < -0.4 is 11.1 Å². The Morgan fingerprint density at radius 3 is 2.92 bits per heavy atom. The Hall–Kier alpha value is -1.37. The summed E-state index contributed by atoms with van der Waals surface area (Å²) >= 11 is 13.6. The molecular formula is C16H21Cl2N5S. The molecule has 0 atom stereocenters. The number of imidazole rings is 1. The topological polar surface area (TPSA) is 79.1 Å². The van der Waals surface area contributed by atoms with Crippen molar-refractivity contribution in [3.8, 4) is 0 Å². The van der Waals surface area contributed by atoms with E-state index in [1.54, 1.807) is 18.1 Å². The third-order valence-corrected chi connectivity index (χ3v) is 5.05. The Bertz CT molecular complexity index is 646. The number of hydrogen-bond donors (Lipinski definition) is 3. The highest BCUT2D eigenvalue weighted by Gasteiger charge is 2.00. The van der Waals surface area contributed by atoms with Crippen molar-refractivity contribution >= 4 is 40.9 Å². The van der Waals surface area contributed by atoms with Gasteiger partial charge in [0.1, 0.15) is 0 Å². The molecule has 0 aliphatic carbocycles. The third-order valence-electron chi connectivity index (χ3n) is 3.23. The Morgan fingerprint density at radius 1 is 1.29 bits per heavy atom. The molecule has 0 spiro atoms. The van der Waals surface area contributed by atoms with Gasteiger partial charge in [-0.25, -0.2) is 4.98 Å². The number of aromatic nitrogens is 2. The molecule has 4 N–H and O–H groups in total. The summed E-state index contributed by atoms with van der Waals surface area (Å²) in [5, 5.41) is 4.29. The van der Waals surface area contributed by atoms with E-state index in [9.17, 15) is 0 Å². The molecule has 0 bridgehead atoms. The molecule has 0 aliphatic heterocycles. The molecule has 0 radical (unpaired) electrons. The zero-order valence-electron chi connectivity index (χ0n) is 13.3. The van der Waals surface area contributed by atoms with Crippen LogP contribution in [0.15, 0.2) is 40.6 Å². The van der Waals surface area contributed by atoms with E-state index in [-0.39, 0.29) is 0 Å². The summed E-state index contributed by atoms with van der Waals surface area (Å²) < 4.78 is 0. The maximum atomic E-state index is 5.99. The van der Waals surface area contributed by atoms with Crippen LogP contribution in [0, 0.1) is 0 Å². The summed E-state index contributed by atoms with van der Waals surface area (Å²) in [4.78, 5) is 12.5. The van der Waals surface area contributed by atoms with Gasteiger partial charge in [0.05, 0.1) is 16.4 Å². The fourth-order valence-corrected chi connectivity index (χ4v) is 3.23. The minimum atomic E-state index is 0.499. The zero-order chi connectivity index (χ0) is 17.2. The molecule has 130 valence electrons. The molecule has 24 heavy (non-hydrogen) atoms. The molecule has 0 saturated heterocycles. The molecule has 1 aromatic carbocycles. The van der Waals surface area contributed by atoms with Gasteiger partial charge >= 0.3 is 0 Å². The van der Waals surface area contributed by atoms with Crippen molar-refractivity contribution in [3.63, 3.8) is 0 Å². The highest BCUT2D eigenvalue weighted by atomic mass is 35.5. The predicted molar refractivity (Wildman–Crippen MR) is 103 cm³/mol. The van der Waals surface area contributed by atoms with E-state index < -0.39 is 0 Å². The second-order valence-electron chi connectivity index (χ2n) is 5.15. The van der Waals surface area contributed by atoms with Crippen molar-refractivity contribution in [1.29, 1.82) is 0 Å². The largest absolute Gasteiger partial charge is 0.370 e. The Morgan fingerprint density at radius 2 is 2.17 bits per heavy atom. The normalized spacial score (nSPS) is 11.7. The van der Waals surface area contributed by atoms with E-state index >= 15 is 0 Å². The van der Waals surface area contributed by atoms with Crippen molar-refractivity contribution in [1.82, 2.24) is 15.3 Å². The van der Waals surface area contributed by atoms with Gasteiger partial charge in [-0.3, -0.25) is 4.99 Å². The zero-order valence-corrected chi connectivity index (χ0v) is 15.6. The number of thioether (sulfide) groups is 1. The highest BCUT2D eigenvalue weighted by molar-refractivity contribution is 7.99. The van der Waals surface area contributed by atoms with E-state index in [1.807, 2.05) is 24.4 Å². The van der Waals surface area contributed by atoms with Gasteiger partial charge in [-0.05, 0) is 43.2 Å². The maximum Gasteiger partial charge on any atom is 0.188 e. The standard InChI is InChI=1S/C16H21Cl2N5S/c17-14-5-4-13(9-15(14)18)24-8-2-7-22-16(19)21-6-1-3-12-10-20-11-23-12/h4-5,9-11H,1-3,6-8H2,(H,20,23)(H3,19,21,22). The number of hydrogen-bond acceptors (Lipinski definition) is 3. The summed E-state index contributed by atoms with van der Waals surface area (Å²) in [5.74, 6) is 1.45. The van der Waals surface area contributed by atoms with Gasteiger partial charge in [-0.2, -0.15) is 0 Å². The lowest BCUT2D eigenvalue weighted by Crippen LogP contribution is -2.32. The Labute approximate surface area is 156 Å². The molecular weight excluding hydrogens is 365 g/mol. The molecule has 8 heteroatoms. The van der Waals surface area contributed by atoms with E-state index in [4.69, 9.17) is 28.9 Å². The number of nitrogens with one attached hydrogen (secondary N) is 2. The lowest BCUT2D eigenvalue weighted by atomic mass is 10.2.